The summed E-state index contributed by atoms with van der Waals surface area (Å²) < 4.78 is 0. The maximum atomic E-state index is 11.6. The summed E-state index contributed by atoms with van der Waals surface area (Å²) in [6.07, 6.45) is 1.21. The predicted octanol–water partition coefficient (Wildman–Crippen LogP) is 1.16. The third-order valence-electron chi connectivity index (χ3n) is 2.00. The zero-order valence-electron chi connectivity index (χ0n) is 9.51. The highest BCUT2D eigenvalue weighted by atomic mass is 16.6. The molecular weight excluding hydrogens is 236 g/mol. The molecule has 92 valence electrons. The van der Waals surface area contributed by atoms with Gasteiger partial charge in [-0.2, -0.15) is 5.26 Å². The van der Waals surface area contributed by atoms with Gasteiger partial charge in [0.1, 0.15) is 17.3 Å². The lowest BCUT2D eigenvalue weighted by molar-refractivity contribution is -0.383. The number of benzene rings is 1. The first kappa shape index (κ1) is 13.2. The maximum Gasteiger partial charge on any atom is 0.292 e. The lowest BCUT2D eigenvalue weighted by Gasteiger charge is -2.04. The molecule has 0 saturated heterocycles. The summed E-state index contributed by atoms with van der Waals surface area (Å²) in [4.78, 5) is 21.8. The van der Waals surface area contributed by atoms with Crippen LogP contribution in [0.5, 0.6) is 0 Å². The van der Waals surface area contributed by atoms with Crippen molar-refractivity contribution < 1.29 is 9.72 Å². The zero-order chi connectivity index (χ0) is 13.5. The first-order valence-corrected chi connectivity index (χ1v) is 4.92. The first-order chi connectivity index (χ1) is 8.60. The van der Waals surface area contributed by atoms with E-state index < -0.39 is 10.8 Å². The van der Waals surface area contributed by atoms with Crippen molar-refractivity contribution >= 4 is 17.3 Å². The highest BCUT2D eigenvalue weighted by Crippen LogP contribution is 2.23. The molecule has 0 bridgehead atoms. The normalized spacial score (nSPS) is 10.3. The van der Waals surface area contributed by atoms with E-state index in [-0.39, 0.29) is 16.9 Å². The van der Waals surface area contributed by atoms with Crippen LogP contribution in [0.2, 0.25) is 0 Å². The molecule has 1 aromatic rings. The second kappa shape index (κ2) is 6.00. The fourth-order valence-electron chi connectivity index (χ4n) is 1.22. The van der Waals surface area contributed by atoms with Gasteiger partial charge in [0.15, 0.2) is 0 Å². The van der Waals surface area contributed by atoms with Crippen molar-refractivity contribution in [3.05, 3.63) is 46.2 Å². The number of rotatable bonds is 4. The quantitative estimate of drug-likeness (QED) is 0.358. The molecule has 1 amide bonds. The molecule has 0 unspecified atom stereocenters. The van der Waals surface area contributed by atoms with Crippen molar-refractivity contribution in [2.45, 2.75) is 0 Å². The SMILES string of the molecule is CN/C=C(/C#N)C(=O)Nc1ccccc1[N+](=O)[O-]. The lowest BCUT2D eigenvalue weighted by atomic mass is 10.2. The number of carbonyl (C=O) groups is 1. The predicted molar refractivity (Wildman–Crippen MR) is 64.5 cm³/mol. The van der Waals surface area contributed by atoms with Gasteiger partial charge in [0.25, 0.3) is 11.6 Å². The Morgan fingerprint density at radius 1 is 1.50 bits per heavy atom. The molecule has 0 heterocycles. The minimum absolute atomic E-state index is 0.0461. The summed E-state index contributed by atoms with van der Waals surface area (Å²) in [5.41, 5.74) is -0.354. The summed E-state index contributed by atoms with van der Waals surface area (Å²) >= 11 is 0. The molecule has 0 aliphatic rings. The van der Waals surface area contributed by atoms with Crippen LogP contribution in [0.3, 0.4) is 0 Å². The molecule has 18 heavy (non-hydrogen) atoms. The summed E-state index contributed by atoms with van der Waals surface area (Å²) in [5.74, 6) is -0.707. The smallest absolute Gasteiger partial charge is 0.292 e. The summed E-state index contributed by atoms with van der Waals surface area (Å²) in [5, 5.41) is 24.3. The zero-order valence-corrected chi connectivity index (χ0v) is 9.51. The van der Waals surface area contributed by atoms with Crippen molar-refractivity contribution in [1.29, 1.82) is 5.26 Å². The van der Waals surface area contributed by atoms with Gasteiger partial charge >= 0.3 is 0 Å². The molecule has 7 heteroatoms. The number of carbonyl (C=O) groups excluding carboxylic acids is 1. The molecule has 0 aliphatic carbocycles. The maximum absolute atomic E-state index is 11.6. The number of nitriles is 1. The Labute approximate surface area is 103 Å². The van der Waals surface area contributed by atoms with Gasteiger partial charge in [0, 0.05) is 19.3 Å². The van der Waals surface area contributed by atoms with Crippen LogP contribution in [-0.4, -0.2) is 17.9 Å². The molecule has 1 aromatic carbocycles. The van der Waals surface area contributed by atoms with Crippen LogP contribution >= 0.6 is 0 Å². The van der Waals surface area contributed by atoms with Crippen LogP contribution in [0.4, 0.5) is 11.4 Å². The van der Waals surface area contributed by atoms with E-state index in [2.05, 4.69) is 10.6 Å². The Morgan fingerprint density at radius 3 is 2.72 bits per heavy atom. The highest BCUT2D eigenvalue weighted by Gasteiger charge is 2.16. The Balaban J connectivity index is 2.99. The van der Waals surface area contributed by atoms with Crippen molar-refractivity contribution in [3.8, 4) is 6.07 Å². The standard InChI is InChI=1S/C11H10N4O3/c1-13-7-8(6-12)11(16)14-9-4-2-3-5-10(9)15(17)18/h2-5,7,13H,1H3,(H,14,16)/b8-7-. The molecule has 1 rings (SSSR count). The van der Waals surface area contributed by atoms with Crippen LogP contribution in [0.15, 0.2) is 36.0 Å². The first-order valence-electron chi connectivity index (χ1n) is 4.92. The Kier molecular flexibility index (Phi) is 4.40. The third kappa shape index (κ3) is 3.05. The molecular formula is C11H10N4O3. The summed E-state index contributed by atoms with van der Waals surface area (Å²) in [7, 11) is 1.54. The number of anilines is 1. The fraction of sp³-hybridized carbons (Fsp3) is 0.0909. The Bertz CT molecular complexity index is 545. The van der Waals surface area contributed by atoms with Crippen LogP contribution in [0.1, 0.15) is 0 Å². The van der Waals surface area contributed by atoms with Gasteiger partial charge in [-0.05, 0) is 6.07 Å². The van der Waals surface area contributed by atoms with Crippen molar-refractivity contribution in [3.63, 3.8) is 0 Å². The van der Waals surface area contributed by atoms with Crippen LogP contribution in [-0.2, 0) is 4.79 Å². The Morgan fingerprint density at radius 2 is 2.17 bits per heavy atom. The van der Waals surface area contributed by atoms with Crippen molar-refractivity contribution in [1.82, 2.24) is 5.32 Å². The molecule has 0 saturated carbocycles. The molecule has 0 atom stereocenters. The number of nitrogens with one attached hydrogen (secondary N) is 2. The topological polar surface area (TPSA) is 108 Å². The van der Waals surface area contributed by atoms with Gasteiger partial charge in [0.2, 0.25) is 0 Å². The molecule has 0 spiro atoms. The number of nitro groups is 1. The lowest BCUT2D eigenvalue weighted by Crippen LogP contribution is -2.16. The van der Waals surface area contributed by atoms with E-state index >= 15 is 0 Å². The molecule has 7 nitrogen and oxygen atoms in total. The van der Waals surface area contributed by atoms with E-state index in [0.717, 1.165) is 0 Å². The van der Waals surface area contributed by atoms with Gasteiger partial charge in [-0.1, -0.05) is 12.1 Å². The average Bonchev–Trinajstić information content (AvgIpc) is 2.36. The van der Waals surface area contributed by atoms with E-state index in [1.165, 1.54) is 31.4 Å². The largest absolute Gasteiger partial charge is 0.393 e. The van der Waals surface area contributed by atoms with Gasteiger partial charge in [-0.15, -0.1) is 0 Å². The van der Waals surface area contributed by atoms with Gasteiger partial charge in [-0.25, -0.2) is 0 Å². The summed E-state index contributed by atoms with van der Waals surface area (Å²) in [6.45, 7) is 0. The van der Waals surface area contributed by atoms with Crippen LogP contribution in [0.25, 0.3) is 0 Å². The number of nitrogens with zero attached hydrogens (tertiary/aromatic N) is 2. The van der Waals surface area contributed by atoms with E-state index in [9.17, 15) is 14.9 Å². The number of nitro benzene ring substituents is 1. The van der Waals surface area contributed by atoms with E-state index in [1.54, 1.807) is 12.1 Å². The number of hydrogen-bond acceptors (Lipinski definition) is 5. The van der Waals surface area contributed by atoms with E-state index in [1.807, 2.05) is 0 Å². The van der Waals surface area contributed by atoms with Crippen LogP contribution < -0.4 is 10.6 Å². The average molecular weight is 246 g/mol. The Hall–Kier alpha value is -2.88. The molecule has 2 N–H and O–H groups in total. The number of para-hydroxylation sites is 2. The second-order valence-electron chi connectivity index (χ2n) is 3.19. The fourth-order valence-corrected chi connectivity index (χ4v) is 1.22. The summed E-state index contributed by atoms with van der Waals surface area (Å²) in [6, 6.07) is 7.39. The second-order valence-corrected chi connectivity index (χ2v) is 3.19. The van der Waals surface area contributed by atoms with Crippen LogP contribution in [0, 0.1) is 21.4 Å². The van der Waals surface area contributed by atoms with Gasteiger partial charge in [0.05, 0.1) is 4.92 Å². The minimum Gasteiger partial charge on any atom is -0.393 e. The third-order valence-corrected chi connectivity index (χ3v) is 2.00. The number of amides is 1. The highest BCUT2D eigenvalue weighted by molar-refractivity contribution is 6.07. The molecule has 0 fully saturated rings. The van der Waals surface area contributed by atoms with Crippen molar-refractivity contribution in [2.75, 3.05) is 12.4 Å². The number of hydrogen-bond donors (Lipinski definition) is 2. The molecule has 0 radical (unpaired) electrons. The van der Waals surface area contributed by atoms with E-state index in [0.29, 0.717) is 0 Å². The van der Waals surface area contributed by atoms with E-state index in [4.69, 9.17) is 5.26 Å². The van der Waals surface area contributed by atoms with Gasteiger partial charge in [-0.3, -0.25) is 14.9 Å². The molecule has 0 aliphatic heterocycles. The van der Waals surface area contributed by atoms with Crippen molar-refractivity contribution in [2.24, 2.45) is 0 Å². The monoisotopic (exact) mass is 246 g/mol. The molecule has 0 aromatic heterocycles. The minimum atomic E-state index is -0.707. The van der Waals surface area contributed by atoms with Gasteiger partial charge < -0.3 is 10.6 Å².